The lowest BCUT2D eigenvalue weighted by Crippen LogP contribution is -2.23. The molecule has 0 aliphatic carbocycles. The second kappa shape index (κ2) is 8.73. The number of ether oxygens (including phenoxy) is 3. The summed E-state index contributed by atoms with van der Waals surface area (Å²) in [5, 5.41) is 2.64. The molecule has 1 N–H and O–H groups in total. The van der Waals surface area contributed by atoms with Gasteiger partial charge < -0.3 is 19.5 Å². The molecule has 8 heteroatoms. The van der Waals surface area contributed by atoms with E-state index in [1.54, 1.807) is 43.5 Å². The number of anilines is 1. The standard InChI is InChI=1S/C16H15ClN2O5/c1-22-11-4-6-12(7-5-11)23-10-15(21)24-9-14(20)19-13-3-2-8-18-16(13)17/h2-8H,9-10H2,1H3,(H,19,20). The van der Waals surface area contributed by atoms with Gasteiger partial charge in [-0.2, -0.15) is 0 Å². The topological polar surface area (TPSA) is 86.8 Å². The average molecular weight is 351 g/mol. The van der Waals surface area contributed by atoms with Crippen LogP contribution in [0.2, 0.25) is 5.15 Å². The van der Waals surface area contributed by atoms with Crippen molar-refractivity contribution in [1.82, 2.24) is 4.98 Å². The first-order chi connectivity index (χ1) is 11.6. The van der Waals surface area contributed by atoms with Crippen LogP contribution >= 0.6 is 11.6 Å². The number of aromatic nitrogens is 1. The number of pyridine rings is 1. The van der Waals surface area contributed by atoms with Crippen LogP contribution in [0.25, 0.3) is 0 Å². The third kappa shape index (κ3) is 5.44. The molecule has 0 aliphatic rings. The summed E-state index contributed by atoms with van der Waals surface area (Å²) in [5.74, 6) is -0.0315. The quantitative estimate of drug-likeness (QED) is 0.609. The van der Waals surface area contributed by atoms with Crippen molar-refractivity contribution in [2.75, 3.05) is 25.6 Å². The number of methoxy groups -OCH3 is 1. The zero-order chi connectivity index (χ0) is 17.4. The van der Waals surface area contributed by atoms with Gasteiger partial charge in [-0.05, 0) is 36.4 Å². The Hall–Kier alpha value is -2.80. The van der Waals surface area contributed by atoms with E-state index >= 15 is 0 Å². The molecule has 0 unspecified atom stereocenters. The summed E-state index contributed by atoms with van der Waals surface area (Å²) in [6.45, 7) is -0.761. The largest absolute Gasteiger partial charge is 0.497 e. The number of carbonyl (C=O) groups excluding carboxylic acids is 2. The third-order valence-corrected chi connectivity index (χ3v) is 3.11. The second-order valence-electron chi connectivity index (χ2n) is 4.51. The van der Waals surface area contributed by atoms with Gasteiger partial charge in [0.2, 0.25) is 0 Å². The predicted octanol–water partition coefficient (Wildman–Crippen LogP) is 2.30. The van der Waals surface area contributed by atoms with Crippen LogP contribution in [0.5, 0.6) is 11.5 Å². The molecule has 126 valence electrons. The van der Waals surface area contributed by atoms with E-state index in [2.05, 4.69) is 10.3 Å². The van der Waals surface area contributed by atoms with E-state index in [4.69, 9.17) is 25.8 Å². The fourth-order valence-electron chi connectivity index (χ4n) is 1.67. The van der Waals surface area contributed by atoms with Crippen LogP contribution in [0.15, 0.2) is 42.6 Å². The highest BCUT2D eigenvalue weighted by Gasteiger charge is 2.10. The molecule has 1 aromatic carbocycles. The van der Waals surface area contributed by atoms with Gasteiger partial charge in [0.25, 0.3) is 5.91 Å². The van der Waals surface area contributed by atoms with Gasteiger partial charge in [-0.1, -0.05) is 11.6 Å². The van der Waals surface area contributed by atoms with Gasteiger partial charge in [0.1, 0.15) is 11.5 Å². The first-order valence-electron chi connectivity index (χ1n) is 6.91. The molecule has 0 saturated heterocycles. The van der Waals surface area contributed by atoms with Gasteiger partial charge in [0.05, 0.1) is 12.8 Å². The number of amides is 1. The Labute approximate surface area is 143 Å². The first kappa shape index (κ1) is 17.6. The molecule has 1 aromatic heterocycles. The monoisotopic (exact) mass is 350 g/mol. The average Bonchev–Trinajstić information content (AvgIpc) is 2.60. The Morgan fingerprint density at radius 1 is 1.12 bits per heavy atom. The summed E-state index contributed by atoms with van der Waals surface area (Å²) < 4.78 is 15.1. The summed E-state index contributed by atoms with van der Waals surface area (Å²) in [6, 6.07) is 9.92. The smallest absolute Gasteiger partial charge is 0.344 e. The van der Waals surface area contributed by atoms with Gasteiger partial charge in [-0.15, -0.1) is 0 Å². The summed E-state index contributed by atoms with van der Waals surface area (Å²) in [4.78, 5) is 27.1. The van der Waals surface area contributed by atoms with Gasteiger partial charge in [-0.3, -0.25) is 4.79 Å². The van der Waals surface area contributed by atoms with Crippen LogP contribution in [0.4, 0.5) is 5.69 Å². The van der Waals surface area contributed by atoms with Crippen LogP contribution in [0, 0.1) is 0 Å². The summed E-state index contributed by atoms with van der Waals surface area (Å²) in [7, 11) is 1.55. The Balaban J connectivity index is 1.72. The Bertz CT molecular complexity index is 706. The van der Waals surface area contributed by atoms with Gasteiger partial charge in [0.15, 0.2) is 18.4 Å². The molecular formula is C16H15ClN2O5. The van der Waals surface area contributed by atoms with E-state index in [1.165, 1.54) is 6.20 Å². The van der Waals surface area contributed by atoms with Crippen LogP contribution < -0.4 is 14.8 Å². The molecule has 0 aliphatic heterocycles. The molecule has 0 saturated carbocycles. The normalized spacial score (nSPS) is 9.92. The maximum atomic E-state index is 11.7. The highest BCUT2D eigenvalue weighted by atomic mass is 35.5. The van der Waals surface area contributed by atoms with Gasteiger partial charge in [0, 0.05) is 6.20 Å². The minimum absolute atomic E-state index is 0.153. The fourth-order valence-corrected chi connectivity index (χ4v) is 1.83. The first-order valence-corrected chi connectivity index (χ1v) is 7.29. The lowest BCUT2D eigenvalue weighted by molar-refractivity contribution is -0.149. The van der Waals surface area contributed by atoms with E-state index in [1.807, 2.05) is 0 Å². The van der Waals surface area contributed by atoms with Crippen LogP contribution in [-0.2, 0) is 14.3 Å². The number of esters is 1. The molecule has 2 aromatic rings. The number of hydrogen-bond donors (Lipinski definition) is 1. The lowest BCUT2D eigenvalue weighted by Gasteiger charge is -2.08. The molecule has 1 heterocycles. The summed E-state index contributed by atoms with van der Waals surface area (Å²) in [6.07, 6.45) is 1.49. The molecule has 1 amide bonds. The minimum Gasteiger partial charge on any atom is -0.497 e. The Kier molecular flexibility index (Phi) is 6.39. The molecule has 0 spiro atoms. The number of rotatable bonds is 7. The second-order valence-corrected chi connectivity index (χ2v) is 4.87. The molecule has 7 nitrogen and oxygen atoms in total. The number of halogens is 1. The maximum Gasteiger partial charge on any atom is 0.344 e. The van der Waals surface area contributed by atoms with Crippen molar-refractivity contribution in [1.29, 1.82) is 0 Å². The molecule has 0 fully saturated rings. The summed E-state index contributed by atoms with van der Waals surface area (Å²) >= 11 is 5.81. The van der Waals surface area contributed by atoms with Gasteiger partial charge >= 0.3 is 5.97 Å². The predicted molar refractivity (Wildman–Crippen MR) is 87.3 cm³/mol. The van der Waals surface area contributed by atoms with Crippen LogP contribution in [0.3, 0.4) is 0 Å². The van der Waals surface area contributed by atoms with Crippen molar-refractivity contribution < 1.29 is 23.8 Å². The van der Waals surface area contributed by atoms with Crippen LogP contribution in [-0.4, -0.2) is 37.2 Å². The molecule has 0 radical (unpaired) electrons. The number of nitrogens with zero attached hydrogens (tertiary/aromatic N) is 1. The van der Waals surface area contributed by atoms with E-state index in [-0.39, 0.29) is 11.8 Å². The highest BCUT2D eigenvalue weighted by molar-refractivity contribution is 6.32. The van der Waals surface area contributed by atoms with Gasteiger partial charge in [-0.25, -0.2) is 9.78 Å². The fraction of sp³-hybridized carbons (Fsp3) is 0.188. The molecule has 0 bridgehead atoms. The molecule has 24 heavy (non-hydrogen) atoms. The maximum absolute atomic E-state index is 11.7. The number of benzene rings is 1. The third-order valence-electron chi connectivity index (χ3n) is 2.81. The molecule has 0 atom stereocenters. The van der Waals surface area contributed by atoms with Crippen LogP contribution in [0.1, 0.15) is 0 Å². The summed E-state index contributed by atoms with van der Waals surface area (Å²) in [5.41, 5.74) is 0.342. The molecular weight excluding hydrogens is 336 g/mol. The zero-order valence-corrected chi connectivity index (χ0v) is 13.6. The van der Waals surface area contributed by atoms with Crippen molar-refractivity contribution in [3.05, 3.63) is 47.7 Å². The van der Waals surface area contributed by atoms with Crippen molar-refractivity contribution in [2.24, 2.45) is 0 Å². The van der Waals surface area contributed by atoms with Crippen molar-refractivity contribution in [2.45, 2.75) is 0 Å². The molecule has 2 rings (SSSR count). The van der Waals surface area contributed by atoms with E-state index < -0.39 is 18.5 Å². The Morgan fingerprint density at radius 2 is 1.83 bits per heavy atom. The minimum atomic E-state index is -0.668. The zero-order valence-electron chi connectivity index (χ0n) is 12.8. The number of carbonyl (C=O) groups is 2. The Morgan fingerprint density at radius 3 is 2.50 bits per heavy atom. The van der Waals surface area contributed by atoms with E-state index in [0.717, 1.165) is 0 Å². The van der Waals surface area contributed by atoms with Crippen molar-refractivity contribution in [3.63, 3.8) is 0 Å². The highest BCUT2D eigenvalue weighted by Crippen LogP contribution is 2.18. The lowest BCUT2D eigenvalue weighted by atomic mass is 10.3. The number of hydrogen-bond acceptors (Lipinski definition) is 6. The van der Waals surface area contributed by atoms with E-state index in [0.29, 0.717) is 17.2 Å². The van der Waals surface area contributed by atoms with Crippen molar-refractivity contribution >= 4 is 29.2 Å². The SMILES string of the molecule is COc1ccc(OCC(=O)OCC(=O)Nc2cccnc2Cl)cc1. The van der Waals surface area contributed by atoms with Crippen molar-refractivity contribution in [3.8, 4) is 11.5 Å². The number of nitrogens with one attached hydrogen (secondary N) is 1. The van der Waals surface area contributed by atoms with E-state index in [9.17, 15) is 9.59 Å².